The molecule has 0 N–H and O–H groups in total. The van der Waals surface area contributed by atoms with Crippen molar-refractivity contribution in [2.45, 2.75) is 0 Å². The Morgan fingerprint density at radius 2 is 1.45 bits per heavy atom. The molecule has 0 aliphatic heterocycles. The van der Waals surface area contributed by atoms with E-state index in [1.165, 1.54) is 4.56 Å². The first-order chi connectivity index (χ1) is 14.2. The normalized spacial score (nSPS) is 12.9. The van der Waals surface area contributed by atoms with Gasteiger partial charge in [-0.05, 0) is 0 Å². The van der Waals surface area contributed by atoms with Gasteiger partial charge in [-0.15, -0.1) is 0 Å². The Bertz CT molecular complexity index is 1200. The number of allylic oxidation sites excluding steroid dienone is 1. The Labute approximate surface area is 178 Å². The van der Waals surface area contributed by atoms with Crippen molar-refractivity contribution >= 4 is 58.7 Å². The Kier molecular flexibility index (Phi) is 4.64. The van der Waals surface area contributed by atoms with Gasteiger partial charge in [0.1, 0.15) is 0 Å². The summed E-state index contributed by atoms with van der Waals surface area (Å²) in [6.45, 7) is 0. The second-order valence-corrected chi connectivity index (χ2v) is 9.78. The molecule has 0 bridgehead atoms. The van der Waals surface area contributed by atoms with Crippen LogP contribution < -0.4 is 4.90 Å². The fourth-order valence-corrected chi connectivity index (χ4v) is 6.38. The van der Waals surface area contributed by atoms with Crippen molar-refractivity contribution in [2.75, 3.05) is 4.90 Å². The van der Waals surface area contributed by atoms with Crippen LogP contribution in [-0.4, -0.2) is 26.1 Å². The van der Waals surface area contributed by atoms with Crippen LogP contribution in [-0.2, 0) is 0 Å². The quantitative estimate of drug-likeness (QED) is 0.222. The third kappa shape index (κ3) is 3.23. The van der Waals surface area contributed by atoms with E-state index in [4.69, 9.17) is 0 Å². The SMILES string of the molecule is O=C1C(=Cc2ccc(N(c3ccccc3)c3cccs3)[se]2)C(=O)c2ccccc21. The average Bonchev–Trinajstić information content (AvgIpc) is 3.49. The van der Waals surface area contributed by atoms with Crippen LogP contribution in [0.25, 0.3) is 6.08 Å². The molecule has 5 rings (SSSR count). The van der Waals surface area contributed by atoms with E-state index in [1.807, 2.05) is 30.3 Å². The molecule has 0 saturated carbocycles. The monoisotopic (exact) mass is 461 g/mol. The van der Waals surface area contributed by atoms with E-state index in [0.29, 0.717) is 11.1 Å². The first-order valence-electron chi connectivity index (χ1n) is 9.11. The molecule has 0 unspecified atom stereocenters. The Morgan fingerprint density at radius 3 is 2.10 bits per heavy atom. The van der Waals surface area contributed by atoms with Crippen LogP contribution in [0.1, 0.15) is 25.2 Å². The molecule has 1 aliphatic rings. The summed E-state index contributed by atoms with van der Waals surface area (Å²) in [5.74, 6) is -0.345. The van der Waals surface area contributed by atoms with Gasteiger partial charge in [-0.3, -0.25) is 0 Å². The fourth-order valence-electron chi connectivity index (χ4n) is 3.42. The van der Waals surface area contributed by atoms with Crippen LogP contribution in [0.4, 0.5) is 15.2 Å². The van der Waals surface area contributed by atoms with Crippen molar-refractivity contribution in [1.29, 1.82) is 0 Å². The molecule has 3 nitrogen and oxygen atoms in total. The molecular formula is C24H15NO2SSe. The summed E-state index contributed by atoms with van der Waals surface area (Å²) in [4.78, 5) is 27.6. The van der Waals surface area contributed by atoms with Crippen LogP contribution in [0.3, 0.4) is 0 Å². The van der Waals surface area contributed by atoms with E-state index in [-0.39, 0.29) is 31.6 Å². The summed E-state index contributed by atoms with van der Waals surface area (Å²) >= 11 is 1.68. The Morgan fingerprint density at radius 1 is 0.759 bits per heavy atom. The molecule has 0 amide bonds. The molecule has 5 heteroatoms. The maximum atomic E-state index is 12.7. The molecule has 0 radical (unpaired) electrons. The molecular weight excluding hydrogens is 445 g/mol. The summed E-state index contributed by atoms with van der Waals surface area (Å²) in [5, 5.41) is 3.21. The number of hydrogen-bond acceptors (Lipinski definition) is 4. The number of para-hydroxylation sites is 1. The second kappa shape index (κ2) is 7.45. The van der Waals surface area contributed by atoms with Crippen molar-refractivity contribution < 1.29 is 9.59 Å². The number of rotatable bonds is 4. The van der Waals surface area contributed by atoms with Gasteiger partial charge in [0.25, 0.3) is 0 Å². The number of ketones is 2. The van der Waals surface area contributed by atoms with Crippen molar-refractivity contribution in [1.82, 2.24) is 0 Å². The number of hydrogen-bond donors (Lipinski definition) is 0. The van der Waals surface area contributed by atoms with Crippen molar-refractivity contribution in [3.63, 3.8) is 0 Å². The van der Waals surface area contributed by atoms with Gasteiger partial charge in [0.15, 0.2) is 0 Å². The number of benzene rings is 2. The van der Waals surface area contributed by atoms with Crippen LogP contribution in [0, 0.1) is 0 Å². The second-order valence-electron chi connectivity index (χ2n) is 6.56. The Balaban J connectivity index is 1.53. The summed E-state index contributed by atoms with van der Waals surface area (Å²) in [6, 6.07) is 25.6. The molecule has 0 saturated heterocycles. The predicted molar refractivity (Wildman–Crippen MR) is 119 cm³/mol. The van der Waals surface area contributed by atoms with Crippen LogP contribution in [0.2, 0.25) is 0 Å². The van der Waals surface area contributed by atoms with Crippen LogP contribution in [0.15, 0.2) is 89.8 Å². The molecule has 140 valence electrons. The number of Topliss-reactive ketones (excluding diaryl/α,β-unsaturated/α-hetero) is 2. The van der Waals surface area contributed by atoms with E-state index in [2.05, 4.69) is 34.5 Å². The molecule has 2 aromatic carbocycles. The summed E-state index contributed by atoms with van der Waals surface area (Å²) in [6.07, 6.45) is 1.78. The van der Waals surface area contributed by atoms with Gasteiger partial charge in [-0.2, -0.15) is 0 Å². The predicted octanol–water partition coefficient (Wildman–Crippen LogP) is 5.74. The third-order valence-electron chi connectivity index (χ3n) is 4.77. The van der Waals surface area contributed by atoms with Crippen molar-refractivity contribution in [2.24, 2.45) is 0 Å². The van der Waals surface area contributed by atoms with Gasteiger partial charge >= 0.3 is 179 Å². The Hall–Kier alpha value is -2.98. The van der Waals surface area contributed by atoms with Crippen molar-refractivity contribution in [3.8, 4) is 0 Å². The van der Waals surface area contributed by atoms with Crippen LogP contribution in [0.5, 0.6) is 0 Å². The number of thiophene rings is 1. The third-order valence-corrected chi connectivity index (χ3v) is 7.75. The molecule has 1 aliphatic carbocycles. The van der Waals surface area contributed by atoms with E-state index >= 15 is 0 Å². The first-order valence-corrected chi connectivity index (χ1v) is 11.7. The molecule has 0 atom stereocenters. The first kappa shape index (κ1) is 18.1. The van der Waals surface area contributed by atoms with Gasteiger partial charge in [0, 0.05) is 0 Å². The van der Waals surface area contributed by atoms with E-state index < -0.39 is 0 Å². The van der Waals surface area contributed by atoms with Crippen LogP contribution >= 0.6 is 11.3 Å². The van der Waals surface area contributed by atoms with Gasteiger partial charge in [-0.25, -0.2) is 0 Å². The van der Waals surface area contributed by atoms with E-state index in [0.717, 1.165) is 15.1 Å². The van der Waals surface area contributed by atoms with Gasteiger partial charge < -0.3 is 0 Å². The molecule has 2 heterocycles. The minimum absolute atomic E-state index is 0.0117. The zero-order valence-corrected chi connectivity index (χ0v) is 17.8. The number of carbonyl (C=O) groups excluding carboxylic acids is 2. The summed E-state index contributed by atoms with van der Waals surface area (Å²) < 4.78 is 2.20. The molecule has 2 aromatic heterocycles. The molecule has 29 heavy (non-hydrogen) atoms. The molecule has 0 spiro atoms. The van der Waals surface area contributed by atoms with Gasteiger partial charge in [-0.1, -0.05) is 0 Å². The standard InChI is InChI=1S/C24H15NO2SSe/c26-23-18-9-4-5-10-19(18)24(27)20(23)15-17-12-13-22(29-17)25(21-11-6-14-28-21)16-7-2-1-3-8-16/h1-15H. The number of fused-ring (bicyclic) bond motifs is 1. The van der Waals surface area contributed by atoms with Crippen molar-refractivity contribution in [3.05, 3.63) is 105 Å². The zero-order valence-electron chi connectivity index (χ0n) is 15.2. The van der Waals surface area contributed by atoms with E-state index in [1.54, 1.807) is 41.7 Å². The molecule has 4 aromatic rings. The summed E-state index contributed by atoms with van der Waals surface area (Å²) in [7, 11) is 0. The zero-order chi connectivity index (χ0) is 19.8. The number of nitrogens with zero attached hydrogens (tertiary/aromatic N) is 1. The number of carbonyl (C=O) groups is 2. The van der Waals surface area contributed by atoms with E-state index in [9.17, 15) is 9.59 Å². The summed E-state index contributed by atoms with van der Waals surface area (Å²) in [5.41, 5.74) is 2.39. The molecule has 0 fully saturated rings. The fraction of sp³-hybridized carbons (Fsp3) is 0. The topological polar surface area (TPSA) is 37.4 Å². The van der Waals surface area contributed by atoms with Gasteiger partial charge in [0.2, 0.25) is 0 Å². The minimum atomic E-state index is -0.172. The van der Waals surface area contributed by atoms with Gasteiger partial charge in [0.05, 0.1) is 0 Å². The maximum absolute atomic E-state index is 12.7. The number of anilines is 3. The average molecular weight is 460 g/mol.